The highest BCUT2D eigenvalue weighted by Gasteiger charge is 2.14. The van der Waals surface area contributed by atoms with E-state index in [2.05, 4.69) is 5.32 Å². The second kappa shape index (κ2) is 7.37. The van der Waals surface area contributed by atoms with Crippen molar-refractivity contribution in [1.29, 1.82) is 0 Å². The molecule has 1 amide bonds. The molecule has 0 bridgehead atoms. The van der Waals surface area contributed by atoms with Crippen molar-refractivity contribution in [3.63, 3.8) is 0 Å². The van der Waals surface area contributed by atoms with Crippen LogP contribution in [0.4, 0.5) is 5.69 Å². The van der Waals surface area contributed by atoms with Crippen LogP contribution >= 0.6 is 11.6 Å². The minimum Gasteiger partial charge on any atom is -0.495 e. The van der Waals surface area contributed by atoms with Crippen LogP contribution in [0, 0.1) is 0 Å². The van der Waals surface area contributed by atoms with Gasteiger partial charge in [0.15, 0.2) is 5.43 Å². The van der Waals surface area contributed by atoms with E-state index in [-0.39, 0.29) is 17.9 Å². The molecule has 0 aliphatic rings. The number of pyridine rings is 1. The van der Waals surface area contributed by atoms with E-state index in [1.165, 1.54) is 7.11 Å². The zero-order valence-electron chi connectivity index (χ0n) is 15.1. The van der Waals surface area contributed by atoms with Crippen LogP contribution in [0.5, 0.6) is 5.75 Å². The lowest BCUT2D eigenvalue weighted by Crippen LogP contribution is -2.21. The Morgan fingerprint density at radius 1 is 1.00 bits per heavy atom. The van der Waals surface area contributed by atoms with Gasteiger partial charge in [-0.15, -0.1) is 0 Å². The van der Waals surface area contributed by atoms with E-state index in [1.54, 1.807) is 30.3 Å². The van der Waals surface area contributed by atoms with Crippen LogP contribution in [0.15, 0.2) is 71.5 Å². The second-order valence-electron chi connectivity index (χ2n) is 6.34. The maximum absolute atomic E-state index is 12.8. The molecule has 0 fully saturated rings. The molecular formula is C22H17ClN2O3. The van der Waals surface area contributed by atoms with Crippen LogP contribution in [0.2, 0.25) is 5.02 Å². The fraction of sp³-hybridized carbons (Fsp3) is 0.0909. The Labute approximate surface area is 166 Å². The fourth-order valence-corrected chi connectivity index (χ4v) is 3.53. The number of ether oxygens (including phenoxy) is 1. The molecule has 4 rings (SSSR count). The molecule has 1 heterocycles. The predicted octanol–water partition coefficient (Wildman–Crippen LogP) is 4.46. The minimum atomic E-state index is -0.250. The lowest BCUT2D eigenvalue weighted by Gasteiger charge is -2.16. The highest BCUT2D eigenvalue weighted by Crippen LogP contribution is 2.28. The van der Waals surface area contributed by atoms with E-state index in [0.29, 0.717) is 38.3 Å². The number of nitrogens with one attached hydrogen (secondary N) is 1. The average molecular weight is 393 g/mol. The van der Waals surface area contributed by atoms with Gasteiger partial charge in [-0.2, -0.15) is 0 Å². The monoisotopic (exact) mass is 392 g/mol. The minimum absolute atomic E-state index is 0.0387. The number of fused-ring (bicyclic) bond motifs is 2. The molecule has 1 aromatic heterocycles. The molecule has 5 nitrogen and oxygen atoms in total. The standard InChI is InChI=1S/C22H17ClN2O3/c1-28-20-11-10-14(23)12-17(20)24-21(26)13-25-18-8-4-2-6-15(18)22(27)16-7-3-5-9-19(16)25/h2-12H,13H2,1H3,(H,24,26). The number of benzene rings is 3. The fourth-order valence-electron chi connectivity index (χ4n) is 3.36. The van der Waals surface area contributed by atoms with Crippen molar-refractivity contribution in [2.45, 2.75) is 6.54 Å². The third-order valence-electron chi connectivity index (χ3n) is 4.62. The number of hydrogen-bond acceptors (Lipinski definition) is 3. The van der Waals surface area contributed by atoms with Crippen LogP contribution < -0.4 is 15.5 Å². The Bertz CT molecular complexity index is 1200. The molecule has 0 unspecified atom stereocenters. The molecule has 3 aromatic carbocycles. The number of hydrogen-bond donors (Lipinski definition) is 1. The number of carbonyl (C=O) groups excluding carboxylic acids is 1. The van der Waals surface area contributed by atoms with Crippen molar-refractivity contribution in [2.75, 3.05) is 12.4 Å². The second-order valence-corrected chi connectivity index (χ2v) is 6.78. The summed E-state index contributed by atoms with van der Waals surface area (Å²) in [5.74, 6) is 0.270. The summed E-state index contributed by atoms with van der Waals surface area (Å²) >= 11 is 6.04. The Kier molecular flexibility index (Phi) is 4.75. The van der Waals surface area contributed by atoms with E-state index in [9.17, 15) is 9.59 Å². The van der Waals surface area contributed by atoms with Crippen LogP contribution in [0.3, 0.4) is 0 Å². The van der Waals surface area contributed by atoms with Gasteiger partial charge >= 0.3 is 0 Å². The molecule has 1 N–H and O–H groups in total. The molecule has 6 heteroatoms. The largest absolute Gasteiger partial charge is 0.495 e. The molecule has 0 saturated heterocycles. The molecular weight excluding hydrogens is 376 g/mol. The predicted molar refractivity (Wildman–Crippen MR) is 112 cm³/mol. The summed E-state index contributed by atoms with van der Waals surface area (Å²) in [6, 6.07) is 19.6. The van der Waals surface area contributed by atoms with E-state index >= 15 is 0 Å². The van der Waals surface area contributed by atoms with Gasteiger partial charge in [-0.25, -0.2) is 0 Å². The summed E-state index contributed by atoms with van der Waals surface area (Å²) in [7, 11) is 1.53. The van der Waals surface area contributed by atoms with Gasteiger partial charge in [0.25, 0.3) is 0 Å². The van der Waals surface area contributed by atoms with Gasteiger partial charge in [0.05, 0.1) is 23.8 Å². The maximum Gasteiger partial charge on any atom is 0.244 e. The number of aromatic nitrogens is 1. The molecule has 0 spiro atoms. The number of carbonyl (C=O) groups is 1. The lowest BCUT2D eigenvalue weighted by atomic mass is 10.1. The number of amides is 1. The normalized spacial score (nSPS) is 10.9. The third-order valence-corrected chi connectivity index (χ3v) is 4.85. The highest BCUT2D eigenvalue weighted by atomic mass is 35.5. The summed E-state index contributed by atoms with van der Waals surface area (Å²) in [5.41, 5.74) is 1.87. The smallest absolute Gasteiger partial charge is 0.244 e. The highest BCUT2D eigenvalue weighted by molar-refractivity contribution is 6.31. The summed E-state index contributed by atoms with van der Waals surface area (Å²) in [6.45, 7) is 0.0387. The topological polar surface area (TPSA) is 60.3 Å². The first kappa shape index (κ1) is 18.1. The van der Waals surface area contributed by atoms with Crippen LogP contribution in [-0.2, 0) is 11.3 Å². The van der Waals surface area contributed by atoms with Gasteiger partial charge in [0.1, 0.15) is 12.3 Å². The van der Waals surface area contributed by atoms with Gasteiger partial charge in [-0.3, -0.25) is 9.59 Å². The summed E-state index contributed by atoms with van der Waals surface area (Å²) in [6.07, 6.45) is 0. The molecule has 4 aromatic rings. The zero-order chi connectivity index (χ0) is 19.7. The first-order valence-corrected chi connectivity index (χ1v) is 9.10. The van der Waals surface area contributed by atoms with Crippen LogP contribution in [0.25, 0.3) is 21.8 Å². The molecule has 0 saturated carbocycles. The number of methoxy groups -OCH3 is 1. The Balaban J connectivity index is 1.79. The molecule has 0 radical (unpaired) electrons. The average Bonchev–Trinajstić information content (AvgIpc) is 2.71. The van der Waals surface area contributed by atoms with Gasteiger partial charge in [0.2, 0.25) is 5.91 Å². The van der Waals surface area contributed by atoms with E-state index in [1.807, 2.05) is 41.0 Å². The van der Waals surface area contributed by atoms with Crippen LogP contribution in [-0.4, -0.2) is 17.6 Å². The molecule has 0 aliphatic heterocycles. The van der Waals surface area contributed by atoms with Crippen molar-refractivity contribution < 1.29 is 9.53 Å². The van der Waals surface area contributed by atoms with Crippen molar-refractivity contribution in [3.05, 3.63) is 82.0 Å². The van der Waals surface area contributed by atoms with Gasteiger partial charge < -0.3 is 14.6 Å². The third kappa shape index (κ3) is 3.21. The molecule has 0 aliphatic carbocycles. The van der Waals surface area contributed by atoms with Crippen LogP contribution in [0.1, 0.15) is 0 Å². The summed E-state index contributed by atoms with van der Waals surface area (Å²) in [4.78, 5) is 25.6. The number of nitrogens with zero attached hydrogens (tertiary/aromatic N) is 1. The quantitative estimate of drug-likeness (QED) is 0.522. The molecule has 0 atom stereocenters. The first-order valence-electron chi connectivity index (χ1n) is 8.72. The van der Waals surface area contributed by atoms with E-state index in [4.69, 9.17) is 16.3 Å². The van der Waals surface area contributed by atoms with Crippen molar-refractivity contribution >= 4 is 45.0 Å². The SMILES string of the molecule is COc1ccc(Cl)cc1NC(=O)Cn1c2ccccc2c(=O)c2ccccc21. The van der Waals surface area contributed by atoms with Crippen molar-refractivity contribution in [3.8, 4) is 5.75 Å². The summed E-state index contributed by atoms with van der Waals surface area (Å²) < 4.78 is 7.13. The zero-order valence-corrected chi connectivity index (χ0v) is 15.9. The summed E-state index contributed by atoms with van der Waals surface area (Å²) in [5, 5.41) is 4.50. The number of halogens is 1. The molecule has 140 valence electrons. The number of para-hydroxylation sites is 2. The van der Waals surface area contributed by atoms with Gasteiger partial charge in [-0.1, -0.05) is 35.9 Å². The van der Waals surface area contributed by atoms with E-state index < -0.39 is 0 Å². The lowest BCUT2D eigenvalue weighted by molar-refractivity contribution is -0.116. The van der Waals surface area contributed by atoms with E-state index in [0.717, 1.165) is 0 Å². The number of anilines is 1. The first-order chi connectivity index (χ1) is 13.6. The maximum atomic E-state index is 12.8. The Hall–Kier alpha value is -3.31. The Morgan fingerprint density at radius 2 is 1.61 bits per heavy atom. The molecule has 28 heavy (non-hydrogen) atoms. The number of rotatable bonds is 4. The van der Waals surface area contributed by atoms with Gasteiger partial charge in [-0.05, 0) is 42.5 Å². The van der Waals surface area contributed by atoms with Gasteiger partial charge in [0, 0.05) is 15.8 Å². The van der Waals surface area contributed by atoms with Crippen molar-refractivity contribution in [1.82, 2.24) is 4.57 Å². The van der Waals surface area contributed by atoms with Crippen molar-refractivity contribution in [2.24, 2.45) is 0 Å². The Morgan fingerprint density at radius 3 is 2.21 bits per heavy atom.